The molecule has 6 nitrogen and oxygen atoms in total. The summed E-state index contributed by atoms with van der Waals surface area (Å²) in [5, 5.41) is 2.80. The van der Waals surface area contributed by atoms with E-state index in [1.165, 1.54) is 0 Å². The molecule has 0 saturated heterocycles. The van der Waals surface area contributed by atoms with Gasteiger partial charge < -0.3 is 10.1 Å². The van der Waals surface area contributed by atoms with Gasteiger partial charge in [0.05, 0.1) is 18.1 Å². The van der Waals surface area contributed by atoms with Gasteiger partial charge in [0.2, 0.25) is 5.78 Å². The van der Waals surface area contributed by atoms with Crippen LogP contribution in [0.25, 0.3) is 16.8 Å². The molecule has 6 heteroatoms. The zero-order valence-corrected chi connectivity index (χ0v) is 12.7. The highest BCUT2D eigenvalue weighted by Crippen LogP contribution is 2.21. The van der Waals surface area contributed by atoms with Crippen molar-refractivity contribution in [3.05, 3.63) is 36.2 Å². The molecule has 23 heavy (non-hydrogen) atoms. The molecule has 0 bridgehead atoms. The maximum atomic E-state index is 12.1. The van der Waals surface area contributed by atoms with Crippen LogP contribution in [0.3, 0.4) is 0 Å². The number of hydrogen-bond donors (Lipinski definition) is 1. The van der Waals surface area contributed by atoms with E-state index in [0.717, 1.165) is 23.2 Å². The Balaban J connectivity index is 1.88. The number of aromatic nitrogens is 3. The summed E-state index contributed by atoms with van der Waals surface area (Å²) in [5.74, 6) is 3.52. The number of carbonyl (C=O) groups excluding carboxylic acids is 1. The van der Waals surface area contributed by atoms with Gasteiger partial charge in [-0.25, -0.2) is 9.97 Å². The maximum Gasteiger partial charge on any atom is 0.270 e. The second-order valence-electron chi connectivity index (χ2n) is 5.01. The standard InChI is InChI=1S/C17H16N4O2/c1-3-4-5-9-18-16(22)13-8-10-21-15-7-6-12(23-2)11-14(15)20-17(21)19-13/h1,6-8,10-11H,4-5,9H2,2H3,(H,18,22). The molecule has 0 aliphatic heterocycles. The normalized spacial score (nSPS) is 10.6. The largest absolute Gasteiger partial charge is 0.497 e. The molecule has 0 spiro atoms. The molecule has 2 aromatic heterocycles. The van der Waals surface area contributed by atoms with E-state index in [4.69, 9.17) is 11.2 Å². The third kappa shape index (κ3) is 2.94. The van der Waals surface area contributed by atoms with E-state index < -0.39 is 0 Å². The molecular formula is C17H16N4O2. The third-order valence-corrected chi connectivity index (χ3v) is 3.50. The van der Waals surface area contributed by atoms with Gasteiger partial charge in [-0.15, -0.1) is 12.3 Å². The first-order valence-corrected chi connectivity index (χ1v) is 7.27. The van der Waals surface area contributed by atoms with Crippen molar-refractivity contribution in [2.75, 3.05) is 13.7 Å². The molecule has 1 N–H and O–H groups in total. The van der Waals surface area contributed by atoms with Crippen molar-refractivity contribution in [2.24, 2.45) is 0 Å². The molecule has 0 saturated carbocycles. The van der Waals surface area contributed by atoms with Crippen molar-refractivity contribution < 1.29 is 9.53 Å². The minimum absolute atomic E-state index is 0.228. The van der Waals surface area contributed by atoms with Gasteiger partial charge in [-0.3, -0.25) is 9.20 Å². The summed E-state index contributed by atoms with van der Waals surface area (Å²) in [6, 6.07) is 7.29. The van der Waals surface area contributed by atoms with Gasteiger partial charge >= 0.3 is 0 Å². The summed E-state index contributed by atoms with van der Waals surface area (Å²) in [4.78, 5) is 20.9. The van der Waals surface area contributed by atoms with Crippen LogP contribution in [0, 0.1) is 12.3 Å². The number of imidazole rings is 1. The fourth-order valence-corrected chi connectivity index (χ4v) is 2.32. The molecule has 0 unspecified atom stereocenters. The number of carbonyl (C=O) groups is 1. The Morgan fingerprint density at radius 1 is 1.39 bits per heavy atom. The van der Waals surface area contributed by atoms with Crippen LogP contribution in [-0.2, 0) is 0 Å². The van der Waals surface area contributed by atoms with Gasteiger partial charge in [-0.2, -0.15) is 0 Å². The van der Waals surface area contributed by atoms with Gasteiger partial charge in [-0.05, 0) is 24.6 Å². The molecular weight excluding hydrogens is 292 g/mol. The van der Waals surface area contributed by atoms with Gasteiger partial charge in [0, 0.05) is 25.2 Å². The molecule has 0 fully saturated rings. The van der Waals surface area contributed by atoms with E-state index in [-0.39, 0.29) is 5.91 Å². The summed E-state index contributed by atoms with van der Waals surface area (Å²) in [6.07, 6.45) is 8.36. The summed E-state index contributed by atoms with van der Waals surface area (Å²) >= 11 is 0. The maximum absolute atomic E-state index is 12.1. The van der Waals surface area contributed by atoms with Crippen LogP contribution in [0.15, 0.2) is 30.5 Å². The number of methoxy groups -OCH3 is 1. The lowest BCUT2D eigenvalue weighted by Crippen LogP contribution is -2.25. The fraction of sp³-hybridized carbons (Fsp3) is 0.235. The molecule has 2 heterocycles. The molecule has 0 aliphatic carbocycles. The molecule has 3 rings (SSSR count). The first-order valence-electron chi connectivity index (χ1n) is 7.27. The van der Waals surface area contributed by atoms with Crippen molar-refractivity contribution >= 4 is 22.7 Å². The van der Waals surface area contributed by atoms with E-state index in [1.807, 2.05) is 22.6 Å². The Morgan fingerprint density at radius 3 is 3.04 bits per heavy atom. The lowest BCUT2D eigenvalue weighted by Gasteiger charge is -2.03. The number of ether oxygens (including phenoxy) is 1. The first kappa shape index (κ1) is 14.9. The molecule has 3 aromatic rings. The van der Waals surface area contributed by atoms with Crippen LogP contribution in [0.5, 0.6) is 5.75 Å². The molecule has 0 aliphatic rings. The van der Waals surface area contributed by atoms with Crippen LogP contribution in [0.2, 0.25) is 0 Å². The fourth-order valence-electron chi connectivity index (χ4n) is 2.32. The highest BCUT2D eigenvalue weighted by atomic mass is 16.5. The molecule has 0 radical (unpaired) electrons. The van der Waals surface area contributed by atoms with Crippen molar-refractivity contribution in [1.29, 1.82) is 0 Å². The summed E-state index contributed by atoms with van der Waals surface area (Å²) < 4.78 is 7.03. The van der Waals surface area contributed by atoms with Gasteiger partial charge in [-0.1, -0.05) is 0 Å². The van der Waals surface area contributed by atoms with E-state index in [1.54, 1.807) is 19.4 Å². The second kappa shape index (κ2) is 6.36. The van der Waals surface area contributed by atoms with E-state index in [9.17, 15) is 4.79 Å². The molecule has 1 amide bonds. The number of benzene rings is 1. The topological polar surface area (TPSA) is 68.5 Å². The zero-order chi connectivity index (χ0) is 16.2. The van der Waals surface area contributed by atoms with Crippen molar-refractivity contribution in [2.45, 2.75) is 12.8 Å². The number of terminal acetylenes is 1. The quantitative estimate of drug-likeness (QED) is 0.578. The number of nitrogens with zero attached hydrogens (tertiary/aromatic N) is 3. The Bertz CT molecular complexity index is 908. The van der Waals surface area contributed by atoms with E-state index in [0.29, 0.717) is 24.4 Å². The predicted molar refractivity (Wildman–Crippen MR) is 87.4 cm³/mol. The predicted octanol–water partition coefficient (Wildman–Crippen LogP) is 2.03. The van der Waals surface area contributed by atoms with Crippen molar-refractivity contribution in [3.8, 4) is 18.1 Å². The van der Waals surface area contributed by atoms with Crippen molar-refractivity contribution in [1.82, 2.24) is 19.7 Å². The van der Waals surface area contributed by atoms with Crippen molar-refractivity contribution in [3.63, 3.8) is 0 Å². The lowest BCUT2D eigenvalue weighted by atomic mass is 10.3. The zero-order valence-electron chi connectivity index (χ0n) is 12.7. The average Bonchev–Trinajstić information content (AvgIpc) is 2.95. The van der Waals surface area contributed by atoms with Crippen LogP contribution in [0.1, 0.15) is 23.3 Å². The third-order valence-electron chi connectivity index (χ3n) is 3.50. The smallest absolute Gasteiger partial charge is 0.270 e. The number of fused-ring (bicyclic) bond motifs is 3. The van der Waals surface area contributed by atoms with Crippen LogP contribution < -0.4 is 10.1 Å². The van der Waals surface area contributed by atoms with E-state index in [2.05, 4.69) is 21.2 Å². The SMILES string of the molecule is C#CCCCNC(=O)c1ccn2c(n1)nc1cc(OC)ccc12. The minimum atomic E-state index is -0.228. The van der Waals surface area contributed by atoms with Crippen LogP contribution in [-0.4, -0.2) is 33.9 Å². The second-order valence-corrected chi connectivity index (χ2v) is 5.01. The Hall–Kier alpha value is -3.07. The monoisotopic (exact) mass is 308 g/mol. The molecule has 1 aromatic carbocycles. The average molecular weight is 308 g/mol. The summed E-state index contributed by atoms with van der Waals surface area (Å²) in [6.45, 7) is 0.531. The molecule has 116 valence electrons. The highest BCUT2D eigenvalue weighted by Gasteiger charge is 2.11. The number of hydrogen-bond acceptors (Lipinski definition) is 4. The van der Waals surface area contributed by atoms with Crippen LogP contribution in [0.4, 0.5) is 0 Å². The number of rotatable bonds is 5. The van der Waals surface area contributed by atoms with Gasteiger partial charge in [0.25, 0.3) is 5.91 Å². The number of nitrogens with one attached hydrogen (secondary N) is 1. The summed E-state index contributed by atoms with van der Waals surface area (Å²) in [7, 11) is 1.61. The molecule has 0 atom stereocenters. The summed E-state index contributed by atoms with van der Waals surface area (Å²) in [5.41, 5.74) is 2.01. The number of unbranched alkanes of at least 4 members (excludes halogenated alkanes) is 1. The van der Waals surface area contributed by atoms with Gasteiger partial charge in [0.15, 0.2) is 0 Å². The minimum Gasteiger partial charge on any atom is -0.497 e. The van der Waals surface area contributed by atoms with E-state index >= 15 is 0 Å². The van der Waals surface area contributed by atoms with Crippen LogP contribution >= 0.6 is 0 Å². The number of amides is 1. The lowest BCUT2D eigenvalue weighted by molar-refractivity contribution is 0.0948. The Labute approximate surface area is 133 Å². The Kier molecular flexibility index (Phi) is 4.11. The first-order chi connectivity index (χ1) is 11.2. The highest BCUT2D eigenvalue weighted by molar-refractivity contribution is 5.93. The van der Waals surface area contributed by atoms with Gasteiger partial charge in [0.1, 0.15) is 11.4 Å². The Morgan fingerprint density at radius 2 is 2.26 bits per heavy atom.